The van der Waals surface area contributed by atoms with Gasteiger partial charge in [-0.25, -0.2) is 0 Å². The third kappa shape index (κ3) is 2.39. The van der Waals surface area contributed by atoms with Crippen LogP contribution in [0.25, 0.3) is 5.57 Å². The highest BCUT2D eigenvalue weighted by molar-refractivity contribution is 7.80. The molecule has 0 aliphatic rings. The summed E-state index contributed by atoms with van der Waals surface area (Å²) in [5, 5.41) is 17.0. The standard InChI is InChI=1S/C11H13NOS/c1-7(12)11(8(2)13)9-3-5-10(14)6-4-9/h3-6,12-14H,1-2H3/b11-8+,12-7?. The Labute approximate surface area is 89.2 Å². The van der Waals surface area contributed by atoms with Crippen molar-refractivity contribution < 1.29 is 5.11 Å². The number of nitrogens with one attached hydrogen (secondary N) is 1. The highest BCUT2D eigenvalue weighted by atomic mass is 32.1. The Balaban J connectivity index is 3.21. The molecule has 0 aromatic heterocycles. The average molecular weight is 207 g/mol. The molecule has 74 valence electrons. The van der Waals surface area contributed by atoms with Crippen molar-refractivity contribution in [2.45, 2.75) is 18.7 Å². The lowest BCUT2D eigenvalue weighted by Gasteiger charge is -2.07. The van der Waals surface area contributed by atoms with Crippen LogP contribution in [0.5, 0.6) is 0 Å². The molecule has 0 saturated heterocycles. The second-order valence-corrected chi connectivity index (χ2v) is 3.65. The van der Waals surface area contributed by atoms with E-state index in [1.54, 1.807) is 13.8 Å². The zero-order chi connectivity index (χ0) is 10.7. The smallest absolute Gasteiger partial charge is 0.0987 e. The summed E-state index contributed by atoms with van der Waals surface area (Å²) in [6.07, 6.45) is 0. The second-order valence-electron chi connectivity index (χ2n) is 3.13. The van der Waals surface area contributed by atoms with Crippen molar-refractivity contribution in [3.05, 3.63) is 35.6 Å². The van der Waals surface area contributed by atoms with Crippen LogP contribution < -0.4 is 0 Å². The fourth-order valence-electron chi connectivity index (χ4n) is 1.32. The van der Waals surface area contributed by atoms with Gasteiger partial charge in [-0.2, -0.15) is 0 Å². The summed E-state index contributed by atoms with van der Waals surface area (Å²) in [6, 6.07) is 7.36. The fourth-order valence-corrected chi connectivity index (χ4v) is 1.47. The van der Waals surface area contributed by atoms with Crippen LogP contribution in [0.3, 0.4) is 0 Å². The van der Waals surface area contributed by atoms with E-state index in [9.17, 15) is 5.11 Å². The maximum Gasteiger partial charge on any atom is 0.0987 e. The monoisotopic (exact) mass is 207 g/mol. The lowest BCUT2D eigenvalue weighted by molar-refractivity contribution is 0.418. The van der Waals surface area contributed by atoms with Gasteiger partial charge in [-0.05, 0) is 31.5 Å². The van der Waals surface area contributed by atoms with Gasteiger partial charge in [0.15, 0.2) is 0 Å². The minimum atomic E-state index is 0.171. The summed E-state index contributed by atoms with van der Waals surface area (Å²) in [5.74, 6) is 0.171. The van der Waals surface area contributed by atoms with Crippen LogP contribution in [-0.4, -0.2) is 10.8 Å². The van der Waals surface area contributed by atoms with Gasteiger partial charge in [0.05, 0.1) is 5.76 Å². The molecule has 0 fully saturated rings. The molecule has 0 unspecified atom stereocenters. The van der Waals surface area contributed by atoms with Gasteiger partial charge in [-0.3, -0.25) is 0 Å². The van der Waals surface area contributed by atoms with E-state index in [0.717, 1.165) is 10.5 Å². The van der Waals surface area contributed by atoms with Crippen LogP contribution in [0.15, 0.2) is 34.9 Å². The SMILES string of the molecule is CC(=N)/C(=C(/C)O)c1ccc(S)cc1. The Kier molecular flexibility index (Phi) is 3.36. The van der Waals surface area contributed by atoms with Crippen molar-refractivity contribution in [1.29, 1.82) is 5.41 Å². The molecule has 2 N–H and O–H groups in total. The van der Waals surface area contributed by atoms with E-state index < -0.39 is 0 Å². The molecule has 0 amide bonds. The van der Waals surface area contributed by atoms with Crippen LogP contribution in [0, 0.1) is 5.41 Å². The predicted molar refractivity (Wildman–Crippen MR) is 62.3 cm³/mol. The van der Waals surface area contributed by atoms with Crippen LogP contribution in [0.1, 0.15) is 19.4 Å². The van der Waals surface area contributed by atoms with Gasteiger partial charge in [0.1, 0.15) is 0 Å². The highest BCUT2D eigenvalue weighted by Crippen LogP contribution is 2.20. The topological polar surface area (TPSA) is 44.1 Å². The number of aliphatic hydroxyl groups excluding tert-OH is 1. The van der Waals surface area contributed by atoms with E-state index in [4.69, 9.17) is 5.41 Å². The van der Waals surface area contributed by atoms with Crippen LogP contribution in [0.2, 0.25) is 0 Å². The van der Waals surface area contributed by atoms with Crippen LogP contribution in [-0.2, 0) is 0 Å². The van der Waals surface area contributed by atoms with Gasteiger partial charge in [-0.1, -0.05) is 12.1 Å². The zero-order valence-electron chi connectivity index (χ0n) is 8.20. The normalized spacial score (nSPS) is 12.2. The molecule has 0 heterocycles. The van der Waals surface area contributed by atoms with Crippen molar-refractivity contribution in [2.75, 3.05) is 0 Å². The molecule has 0 radical (unpaired) electrons. The summed E-state index contributed by atoms with van der Waals surface area (Å²) in [7, 11) is 0. The molecule has 3 heteroatoms. The quantitative estimate of drug-likeness (QED) is 0.389. The Morgan fingerprint density at radius 1 is 1.21 bits per heavy atom. The van der Waals surface area contributed by atoms with Gasteiger partial charge in [-0.15, -0.1) is 12.6 Å². The highest BCUT2D eigenvalue weighted by Gasteiger charge is 2.07. The maximum absolute atomic E-state index is 9.42. The third-order valence-electron chi connectivity index (χ3n) is 1.89. The number of thiol groups is 1. The Morgan fingerprint density at radius 3 is 2.07 bits per heavy atom. The number of rotatable bonds is 2. The number of hydrogen-bond acceptors (Lipinski definition) is 3. The largest absolute Gasteiger partial charge is 0.512 e. The lowest BCUT2D eigenvalue weighted by Crippen LogP contribution is -1.98. The molecule has 14 heavy (non-hydrogen) atoms. The first kappa shape index (κ1) is 10.9. The molecule has 0 atom stereocenters. The van der Waals surface area contributed by atoms with Crippen molar-refractivity contribution in [1.82, 2.24) is 0 Å². The van der Waals surface area contributed by atoms with Gasteiger partial charge < -0.3 is 10.5 Å². The molecule has 1 aromatic rings. The van der Waals surface area contributed by atoms with E-state index in [1.807, 2.05) is 24.3 Å². The number of allylic oxidation sites excluding steroid dienone is 2. The van der Waals surface area contributed by atoms with E-state index in [-0.39, 0.29) is 5.76 Å². The minimum absolute atomic E-state index is 0.171. The van der Waals surface area contributed by atoms with Gasteiger partial charge in [0.25, 0.3) is 0 Å². The zero-order valence-corrected chi connectivity index (χ0v) is 9.10. The summed E-state index contributed by atoms with van der Waals surface area (Å²) >= 11 is 4.17. The van der Waals surface area contributed by atoms with E-state index >= 15 is 0 Å². The van der Waals surface area contributed by atoms with Crippen molar-refractivity contribution in [3.8, 4) is 0 Å². The molecule has 0 aliphatic carbocycles. The number of benzene rings is 1. The number of aliphatic hydroxyl groups is 1. The Bertz CT molecular complexity index is 375. The summed E-state index contributed by atoms with van der Waals surface area (Å²) < 4.78 is 0. The Hall–Kier alpha value is -1.22. The van der Waals surface area contributed by atoms with Gasteiger partial charge in [0, 0.05) is 16.2 Å². The minimum Gasteiger partial charge on any atom is -0.512 e. The first-order valence-corrected chi connectivity index (χ1v) is 4.72. The maximum atomic E-state index is 9.42. The molecule has 0 aliphatic heterocycles. The van der Waals surface area contributed by atoms with Crippen molar-refractivity contribution >= 4 is 23.9 Å². The van der Waals surface area contributed by atoms with Crippen LogP contribution in [0.4, 0.5) is 0 Å². The van der Waals surface area contributed by atoms with E-state index in [0.29, 0.717) is 11.3 Å². The molecular formula is C11H13NOS. The van der Waals surface area contributed by atoms with Crippen LogP contribution >= 0.6 is 12.6 Å². The molecule has 2 nitrogen and oxygen atoms in total. The summed E-state index contributed by atoms with van der Waals surface area (Å²) in [5.41, 5.74) is 1.78. The van der Waals surface area contributed by atoms with E-state index in [1.165, 1.54) is 0 Å². The van der Waals surface area contributed by atoms with Crippen molar-refractivity contribution in [2.24, 2.45) is 0 Å². The molecule has 0 spiro atoms. The second kappa shape index (κ2) is 4.33. The molecule has 0 saturated carbocycles. The van der Waals surface area contributed by atoms with Gasteiger partial charge >= 0.3 is 0 Å². The van der Waals surface area contributed by atoms with E-state index in [2.05, 4.69) is 12.6 Å². The Morgan fingerprint density at radius 2 is 1.71 bits per heavy atom. The average Bonchev–Trinajstić information content (AvgIpc) is 2.07. The molecular weight excluding hydrogens is 194 g/mol. The van der Waals surface area contributed by atoms with Gasteiger partial charge in [0.2, 0.25) is 0 Å². The summed E-state index contributed by atoms with van der Waals surface area (Å²) in [6.45, 7) is 3.24. The number of hydrogen-bond donors (Lipinski definition) is 3. The predicted octanol–water partition coefficient (Wildman–Crippen LogP) is 3.30. The molecule has 0 bridgehead atoms. The lowest BCUT2D eigenvalue weighted by atomic mass is 10.0. The first-order valence-electron chi connectivity index (χ1n) is 4.27. The summed E-state index contributed by atoms with van der Waals surface area (Å²) in [4.78, 5) is 0.867. The molecule has 1 aromatic carbocycles. The van der Waals surface area contributed by atoms with Crippen molar-refractivity contribution in [3.63, 3.8) is 0 Å². The molecule has 1 rings (SSSR count). The first-order chi connectivity index (χ1) is 6.52. The third-order valence-corrected chi connectivity index (χ3v) is 2.19. The fraction of sp³-hybridized carbons (Fsp3) is 0.182.